The molecule has 0 fully saturated rings. The molecular weight excluding hydrogens is 231 g/mol. The highest BCUT2D eigenvalue weighted by Crippen LogP contribution is 2.21. The molecule has 0 aliphatic heterocycles. The van der Waals surface area contributed by atoms with Gasteiger partial charge in [-0.25, -0.2) is 0 Å². The fourth-order valence-corrected chi connectivity index (χ4v) is 1.42. The number of nitrogens with one attached hydrogen (secondary N) is 1. The van der Waals surface area contributed by atoms with Crippen molar-refractivity contribution in [3.8, 4) is 0 Å². The van der Waals surface area contributed by atoms with Crippen molar-refractivity contribution in [3.63, 3.8) is 0 Å². The highest BCUT2D eigenvalue weighted by atomic mass is 35.5. The number of hydrogen-bond acceptors (Lipinski definition) is 1. The number of rotatable bonds is 5. The van der Waals surface area contributed by atoms with Crippen molar-refractivity contribution in [2.24, 2.45) is 0 Å². The van der Waals surface area contributed by atoms with Gasteiger partial charge in [-0.05, 0) is 20.3 Å². The fourth-order valence-electron chi connectivity index (χ4n) is 1.15. The maximum atomic E-state index is 11.8. The van der Waals surface area contributed by atoms with Crippen molar-refractivity contribution >= 4 is 17.5 Å². The van der Waals surface area contributed by atoms with Crippen LogP contribution >= 0.6 is 11.6 Å². The van der Waals surface area contributed by atoms with Crippen molar-refractivity contribution in [2.45, 2.75) is 50.7 Å². The van der Waals surface area contributed by atoms with Crippen LogP contribution in [0.5, 0.6) is 0 Å². The number of alkyl halides is 4. The van der Waals surface area contributed by atoms with Crippen molar-refractivity contribution in [3.05, 3.63) is 0 Å². The van der Waals surface area contributed by atoms with E-state index in [1.54, 1.807) is 13.8 Å². The molecule has 0 bridgehead atoms. The standard InChI is InChI=1S/C9H15ClF3NO/c1-6(10)5-7(2)14-8(15)3-4-9(11,12)13/h6-7H,3-5H2,1-2H3,(H,14,15). The molecule has 1 amide bonds. The first-order chi connectivity index (χ1) is 6.70. The quantitative estimate of drug-likeness (QED) is 0.742. The zero-order valence-electron chi connectivity index (χ0n) is 8.70. The Labute approximate surface area is 92.2 Å². The van der Waals surface area contributed by atoms with Gasteiger partial charge in [-0.15, -0.1) is 11.6 Å². The first-order valence-electron chi connectivity index (χ1n) is 4.71. The molecule has 0 aliphatic carbocycles. The zero-order chi connectivity index (χ0) is 12.1. The van der Waals surface area contributed by atoms with Gasteiger partial charge < -0.3 is 5.32 Å². The Morgan fingerprint density at radius 1 is 1.40 bits per heavy atom. The summed E-state index contributed by atoms with van der Waals surface area (Å²) >= 11 is 5.67. The smallest absolute Gasteiger partial charge is 0.354 e. The van der Waals surface area contributed by atoms with Crippen LogP contribution < -0.4 is 5.32 Å². The van der Waals surface area contributed by atoms with Crippen molar-refractivity contribution in [1.82, 2.24) is 5.32 Å². The van der Waals surface area contributed by atoms with Gasteiger partial charge in [0.1, 0.15) is 0 Å². The Bertz CT molecular complexity index is 206. The lowest BCUT2D eigenvalue weighted by molar-refractivity contribution is -0.144. The molecule has 0 aromatic heterocycles. The Morgan fingerprint density at radius 2 is 1.93 bits per heavy atom. The normalized spacial score (nSPS) is 15.9. The molecule has 0 saturated heterocycles. The summed E-state index contributed by atoms with van der Waals surface area (Å²) in [5.74, 6) is -0.586. The van der Waals surface area contributed by atoms with E-state index in [-0.39, 0.29) is 11.4 Å². The Hall–Kier alpha value is -0.450. The SMILES string of the molecule is CC(Cl)CC(C)NC(=O)CCC(F)(F)F. The highest BCUT2D eigenvalue weighted by molar-refractivity contribution is 6.20. The van der Waals surface area contributed by atoms with E-state index >= 15 is 0 Å². The summed E-state index contributed by atoms with van der Waals surface area (Å²) in [6.45, 7) is 3.48. The molecule has 0 aromatic rings. The van der Waals surface area contributed by atoms with E-state index in [0.717, 1.165) is 0 Å². The van der Waals surface area contributed by atoms with Crippen LogP contribution in [0.4, 0.5) is 13.2 Å². The molecule has 90 valence electrons. The fraction of sp³-hybridized carbons (Fsp3) is 0.889. The molecule has 1 N–H and O–H groups in total. The molecule has 2 atom stereocenters. The van der Waals surface area contributed by atoms with Gasteiger partial charge in [-0.2, -0.15) is 13.2 Å². The maximum absolute atomic E-state index is 11.8. The summed E-state index contributed by atoms with van der Waals surface area (Å²) in [6, 6.07) is -0.196. The van der Waals surface area contributed by atoms with E-state index in [9.17, 15) is 18.0 Å². The van der Waals surface area contributed by atoms with E-state index in [4.69, 9.17) is 11.6 Å². The number of carbonyl (C=O) groups excluding carboxylic acids is 1. The first-order valence-corrected chi connectivity index (χ1v) is 5.14. The molecule has 0 saturated carbocycles. The van der Waals surface area contributed by atoms with Gasteiger partial charge in [0.2, 0.25) is 5.91 Å². The van der Waals surface area contributed by atoms with Gasteiger partial charge in [-0.3, -0.25) is 4.79 Å². The first kappa shape index (κ1) is 14.6. The highest BCUT2D eigenvalue weighted by Gasteiger charge is 2.28. The predicted octanol–water partition coefficient (Wildman–Crippen LogP) is 2.85. The molecule has 0 radical (unpaired) electrons. The van der Waals surface area contributed by atoms with E-state index in [2.05, 4.69) is 5.32 Å². The molecule has 0 rings (SSSR count). The number of carbonyl (C=O) groups is 1. The summed E-state index contributed by atoms with van der Waals surface area (Å²) < 4.78 is 35.3. The molecule has 6 heteroatoms. The van der Waals surface area contributed by atoms with Gasteiger partial charge in [0, 0.05) is 17.8 Å². The number of halogens is 4. The van der Waals surface area contributed by atoms with Crippen molar-refractivity contribution < 1.29 is 18.0 Å². The van der Waals surface area contributed by atoms with Crippen molar-refractivity contribution in [1.29, 1.82) is 0 Å². The third-order valence-electron chi connectivity index (χ3n) is 1.72. The zero-order valence-corrected chi connectivity index (χ0v) is 9.45. The summed E-state index contributed by atoms with van der Waals surface area (Å²) in [4.78, 5) is 11.0. The van der Waals surface area contributed by atoms with Gasteiger partial charge >= 0.3 is 6.18 Å². The molecule has 2 nitrogen and oxygen atoms in total. The second kappa shape index (κ2) is 6.20. The summed E-state index contributed by atoms with van der Waals surface area (Å²) in [6.07, 6.45) is -5.34. The second-order valence-corrected chi connectivity index (χ2v) is 4.35. The van der Waals surface area contributed by atoms with E-state index < -0.39 is 24.9 Å². The third kappa shape index (κ3) is 9.85. The van der Waals surface area contributed by atoms with Gasteiger partial charge in [0.25, 0.3) is 0 Å². The molecule has 2 unspecified atom stereocenters. The van der Waals surface area contributed by atoms with Crippen LogP contribution in [0.1, 0.15) is 33.1 Å². The summed E-state index contributed by atoms with van der Waals surface area (Å²) in [5.41, 5.74) is 0. The third-order valence-corrected chi connectivity index (χ3v) is 1.90. The van der Waals surface area contributed by atoms with Crippen molar-refractivity contribution in [2.75, 3.05) is 0 Å². The van der Waals surface area contributed by atoms with Crippen LogP contribution in [0.3, 0.4) is 0 Å². The minimum atomic E-state index is -4.28. The maximum Gasteiger partial charge on any atom is 0.389 e. The molecule has 0 spiro atoms. The molecular formula is C9H15ClF3NO. The largest absolute Gasteiger partial charge is 0.389 e. The summed E-state index contributed by atoms with van der Waals surface area (Å²) in [7, 11) is 0. The predicted molar refractivity (Wildman–Crippen MR) is 52.8 cm³/mol. The molecule has 15 heavy (non-hydrogen) atoms. The minimum Gasteiger partial charge on any atom is -0.354 e. The van der Waals surface area contributed by atoms with Crippen LogP contribution in [-0.2, 0) is 4.79 Å². The average molecular weight is 246 g/mol. The average Bonchev–Trinajstić information content (AvgIpc) is 1.97. The molecule has 0 aromatic carbocycles. The monoisotopic (exact) mass is 245 g/mol. The van der Waals surface area contributed by atoms with Gasteiger partial charge in [0.05, 0.1) is 6.42 Å². The Kier molecular flexibility index (Phi) is 6.02. The van der Waals surface area contributed by atoms with E-state index in [0.29, 0.717) is 6.42 Å². The van der Waals surface area contributed by atoms with Crippen LogP contribution in [0.25, 0.3) is 0 Å². The van der Waals surface area contributed by atoms with E-state index in [1.165, 1.54) is 0 Å². The topological polar surface area (TPSA) is 29.1 Å². The molecule has 0 aliphatic rings. The van der Waals surface area contributed by atoms with Crippen LogP contribution in [0.2, 0.25) is 0 Å². The van der Waals surface area contributed by atoms with Crippen LogP contribution in [0, 0.1) is 0 Å². The van der Waals surface area contributed by atoms with Gasteiger partial charge in [0.15, 0.2) is 0 Å². The van der Waals surface area contributed by atoms with Gasteiger partial charge in [-0.1, -0.05) is 0 Å². The Balaban J connectivity index is 3.74. The van der Waals surface area contributed by atoms with Crippen LogP contribution in [0.15, 0.2) is 0 Å². The second-order valence-electron chi connectivity index (χ2n) is 3.60. The number of hydrogen-bond donors (Lipinski definition) is 1. The lowest BCUT2D eigenvalue weighted by Crippen LogP contribution is -2.34. The van der Waals surface area contributed by atoms with Crippen LogP contribution in [-0.4, -0.2) is 23.5 Å². The minimum absolute atomic E-state index is 0.108. The lowest BCUT2D eigenvalue weighted by Gasteiger charge is -2.15. The molecule has 0 heterocycles. The Morgan fingerprint density at radius 3 is 2.33 bits per heavy atom. The number of amides is 1. The van der Waals surface area contributed by atoms with E-state index in [1.807, 2.05) is 0 Å². The lowest BCUT2D eigenvalue weighted by atomic mass is 10.2. The summed E-state index contributed by atoms with van der Waals surface area (Å²) in [5, 5.41) is 2.35.